The number of fused-ring (bicyclic) bond motifs is 8. The van der Waals surface area contributed by atoms with Gasteiger partial charge in [-0.1, -0.05) is 104 Å². The molecule has 0 saturated heterocycles. The molecule has 1 heterocycles. The predicted octanol–water partition coefficient (Wildman–Crippen LogP) is 10.9. The van der Waals surface area contributed by atoms with Gasteiger partial charge in [-0.15, -0.1) is 0 Å². The van der Waals surface area contributed by atoms with Crippen LogP contribution in [0, 0.1) is 0 Å². The number of hydrogen-bond acceptors (Lipinski definition) is 3. The minimum Gasteiger partial charge on any atom is -0.408 e. The first-order chi connectivity index (χ1) is 19.8. The van der Waals surface area contributed by atoms with Gasteiger partial charge in [0.1, 0.15) is 11.2 Å². The van der Waals surface area contributed by atoms with Crippen LogP contribution in [0.1, 0.15) is 62.1 Å². The van der Waals surface area contributed by atoms with E-state index in [-0.39, 0.29) is 0 Å². The van der Waals surface area contributed by atoms with E-state index in [1.165, 1.54) is 71.2 Å². The molecule has 1 atom stereocenters. The van der Waals surface area contributed by atoms with E-state index in [0.29, 0.717) is 12.1 Å². The van der Waals surface area contributed by atoms with Crippen molar-refractivity contribution < 1.29 is 8.39 Å². The van der Waals surface area contributed by atoms with E-state index in [1.54, 1.807) is 0 Å². The molecule has 3 nitrogen and oxygen atoms in total. The molecule has 2 aliphatic rings. The van der Waals surface area contributed by atoms with Gasteiger partial charge in [0.25, 0.3) is 0 Å². The molecular formula is C36H34NO2P. The van der Waals surface area contributed by atoms with Gasteiger partial charge in [-0.2, -0.15) is 4.67 Å². The Balaban J connectivity index is 1.47. The van der Waals surface area contributed by atoms with E-state index in [9.17, 15) is 0 Å². The zero-order valence-corrected chi connectivity index (χ0v) is 23.7. The number of rotatable bonds is 3. The van der Waals surface area contributed by atoms with Crippen molar-refractivity contribution >= 4 is 51.6 Å². The van der Waals surface area contributed by atoms with Gasteiger partial charge in [-0.05, 0) is 76.9 Å². The van der Waals surface area contributed by atoms with Crippen molar-refractivity contribution in [1.82, 2.24) is 0 Å². The fraction of sp³-hybridized carbons (Fsp3) is 0.278. The largest absolute Gasteiger partial charge is 0.408 e. The van der Waals surface area contributed by atoms with Crippen molar-refractivity contribution in [3.05, 3.63) is 108 Å². The second-order valence-corrected chi connectivity index (χ2v) is 12.8. The summed E-state index contributed by atoms with van der Waals surface area (Å²) in [6.45, 7) is 0. The first-order valence-electron chi connectivity index (χ1n) is 14.9. The Kier molecular flexibility index (Phi) is 6.16. The number of nitrogens with zero attached hydrogens (tertiary/aromatic N) is 1. The lowest BCUT2D eigenvalue weighted by atomic mass is 9.86. The first kappa shape index (κ1) is 24.3. The first-order valence-corrected chi connectivity index (χ1v) is 16.0. The molecule has 1 saturated carbocycles. The van der Waals surface area contributed by atoms with Gasteiger partial charge in [0.2, 0.25) is 0 Å². The molecular weight excluding hydrogens is 509 g/mol. The summed E-state index contributed by atoms with van der Waals surface area (Å²) in [6, 6.07) is 36.0. The lowest BCUT2D eigenvalue weighted by Gasteiger charge is -2.39. The van der Waals surface area contributed by atoms with Crippen LogP contribution in [0.5, 0.6) is 0 Å². The van der Waals surface area contributed by atoms with E-state index in [4.69, 9.17) is 8.39 Å². The highest BCUT2D eigenvalue weighted by atomic mass is 31.1. The molecule has 0 unspecified atom stereocenters. The van der Waals surface area contributed by atoms with Crippen LogP contribution in [0.2, 0.25) is 0 Å². The lowest BCUT2D eigenvalue weighted by Crippen LogP contribution is -2.39. The molecule has 0 N–H and O–H groups in total. The minimum absolute atomic E-state index is 0.310. The number of aryl methyl sites for hydroxylation is 1. The molecule has 2 aliphatic carbocycles. The molecule has 0 radical (unpaired) electrons. The van der Waals surface area contributed by atoms with Gasteiger partial charge in [-0.3, -0.25) is 0 Å². The van der Waals surface area contributed by atoms with E-state index in [2.05, 4.69) is 102 Å². The predicted molar refractivity (Wildman–Crippen MR) is 169 cm³/mol. The molecule has 0 bridgehead atoms. The van der Waals surface area contributed by atoms with Crippen LogP contribution in [-0.2, 0) is 6.42 Å². The fourth-order valence-electron chi connectivity index (χ4n) is 7.30. The van der Waals surface area contributed by atoms with Crippen LogP contribution in [-0.4, -0.2) is 6.04 Å². The van der Waals surface area contributed by atoms with E-state index in [1.807, 2.05) is 0 Å². The summed E-state index contributed by atoms with van der Waals surface area (Å²) in [5, 5.41) is 7.18. The molecule has 8 rings (SSSR count). The van der Waals surface area contributed by atoms with Crippen molar-refractivity contribution in [2.45, 2.75) is 63.5 Å². The maximum Gasteiger partial charge on any atom is 0.310 e. The Bertz CT molecular complexity index is 1800. The Hall–Kier alpha value is -3.52. The smallest absolute Gasteiger partial charge is 0.310 e. The van der Waals surface area contributed by atoms with E-state index in [0.717, 1.165) is 34.8 Å². The Morgan fingerprint density at radius 1 is 0.575 bits per heavy atom. The average Bonchev–Trinajstić information content (AvgIpc) is 3.19. The quantitative estimate of drug-likeness (QED) is 0.222. The van der Waals surface area contributed by atoms with E-state index < -0.39 is 8.16 Å². The third kappa shape index (κ3) is 4.07. The summed E-state index contributed by atoms with van der Waals surface area (Å²) in [5.41, 5.74) is 4.83. The highest BCUT2D eigenvalue weighted by Gasteiger charge is 2.36. The molecule has 0 spiro atoms. The van der Waals surface area contributed by atoms with Gasteiger partial charge >= 0.3 is 8.16 Å². The van der Waals surface area contributed by atoms with Crippen LogP contribution < -0.4 is 4.67 Å². The Labute approximate surface area is 236 Å². The maximum absolute atomic E-state index is 7.15. The second kappa shape index (κ2) is 10.1. The highest BCUT2D eigenvalue weighted by Crippen LogP contribution is 2.49. The molecule has 1 fully saturated rings. The Morgan fingerprint density at radius 3 is 1.85 bits per heavy atom. The van der Waals surface area contributed by atoms with Crippen LogP contribution >= 0.6 is 8.16 Å². The van der Waals surface area contributed by atoms with Crippen molar-refractivity contribution in [3.63, 3.8) is 0 Å². The van der Waals surface area contributed by atoms with Crippen molar-refractivity contribution in [3.8, 4) is 0 Å². The van der Waals surface area contributed by atoms with Gasteiger partial charge < -0.3 is 8.39 Å². The molecule has 0 amide bonds. The zero-order chi connectivity index (χ0) is 26.5. The van der Waals surface area contributed by atoms with Crippen molar-refractivity contribution in [1.29, 1.82) is 0 Å². The third-order valence-corrected chi connectivity index (χ3v) is 10.9. The number of benzene rings is 5. The Morgan fingerprint density at radius 2 is 1.18 bits per heavy atom. The molecule has 200 valence electrons. The molecule has 0 aliphatic heterocycles. The third-order valence-electron chi connectivity index (χ3n) is 9.18. The molecule has 5 aromatic carbocycles. The molecule has 4 heteroatoms. The summed E-state index contributed by atoms with van der Waals surface area (Å²) in [7, 11) is -1.38. The minimum atomic E-state index is -1.38. The maximum atomic E-state index is 7.15. The van der Waals surface area contributed by atoms with E-state index >= 15 is 0 Å². The molecule has 40 heavy (non-hydrogen) atoms. The summed E-state index contributed by atoms with van der Waals surface area (Å²) < 4.78 is 17.0. The van der Waals surface area contributed by atoms with Gasteiger partial charge in [-0.25, -0.2) is 0 Å². The summed E-state index contributed by atoms with van der Waals surface area (Å²) in [5.74, 6) is 0. The number of hydrogen-bond donors (Lipinski definition) is 0. The van der Waals surface area contributed by atoms with Gasteiger partial charge in [0.05, 0.1) is 0 Å². The SMILES string of the molecule is c1ccc2c(c1)CCC[C@@H]2N(C1CCCCC1)p1oc2ccc3ccccc3c2c2c(ccc3ccccc32)o1. The van der Waals surface area contributed by atoms with Crippen molar-refractivity contribution in [2.75, 3.05) is 4.67 Å². The van der Waals surface area contributed by atoms with Gasteiger partial charge in [0.15, 0.2) is 0 Å². The molecule has 1 aromatic heterocycles. The van der Waals surface area contributed by atoms with Crippen molar-refractivity contribution in [2.24, 2.45) is 0 Å². The standard InChI is InChI=1S/C36H34NO2P/c1-2-15-28(16-3-1)37(32-20-10-14-25-11-4-7-17-29(25)32)40-38-33-23-21-26-12-5-8-18-30(26)35(33)36-31-19-9-6-13-27(31)22-24-34(36)39-40/h4-9,11-13,17-19,21-24,28,32H,1-3,10,14-16,20H2/t32-/m0/s1. The average molecular weight is 544 g/mol. The van der Waals surface area contributed by atoms with Crippen LogP contribution in [0.3, 0.4) is 0 Å². The monoisotopic (exact) mass is 543 g/mol. The van der Waals surface area contributed by atoms with Crippen LogP contribution in [0.15, 0.2) is 105 Å². The highest BCUT2D eigenvalue weighted by molar-refractivity contribution is 7.39. The normalized spacial score (nSPS) is 18.1. The fourth-order valence-corrected chi connectivity index (χ4v) is 9.13. The summed E-state index contributed by atoms with van der Waals surface area (Å²) >= 11 is 0. The zero-order valence-electron chi connectivity index (χ0n) is 22.8. The second-order valence-electron chi connectivity index (χ2n) is 11.5. The van der Waals surface area contributed by atoms with Crippen LogP contribution in [0.25, 0.3) is 43.5 Å². The topological polar surface area (TPSA) is 29.5 Å². The summed E-state index contributed by atoms with van der Waals surface area (Å²) in [4.78, 5) is 0. The van der Waals surface area contributed by atoms with Gasteiger partial charge in [0, 0.05) is 22.9 Å². The lowest BCUT2D eigenvalue weighted by molar-refractivity contribution is 0.380. The molecule has 6 aromatic rings. The summed E-state index contributed by atoms with van der Waals surface area (Å²) in [6.07, 6.45) is 9.81. The van der Waals surface area contributed by atoms with Crippen LogP contribution in [0.4, 0.5) is 0 Å².